The summed E-state index contributed by atoms with van der Waals surface area (Å²) in [6.07, 6.45) is -0.156. The molecule has 2 atom stereocenters. The number of rotatable bonds is 6. The van der Waals surface area contributed by atoms with Crippen LogP contribution in [-0.4, -0.2) is 32.2 Å². The maximum absolute atomic E-state index is 13.3. The Hall–Kier alpha value is -3.31. The molecule has 0 spiro atoms. The Balaban J connectivity index is 1.50. The van der Waals surface area contributed by atoms with Crippen LogP contribution in [0.4, 0.5) is 5.69 Å². The molecule has 160 valence electrons. The highest BCUT2D eigenvalue weighted by Crippen LogP contribution is 2.34. The molecule has 0 saturated heterocycles. The molecule has 5 heteroatoms. The molecular weight excluding hydrogens is 388 g/mol. The Labute approximate surface area is 183 Å². The standard InChI is InChI=1S/C26H28N2O3/c1-18-8-6-10-21(14-18)26(29)28-17-23(31-25-13-5-4-12-24(25)28)16-27-19(2)20-9-7-11-22(15-20)30-3/h4-15,19,23,27H,16-17H2,1-3H3/t19-,23?/m1/s1. The second-order valence-electron chi connectivity index (χ2n) is 7.90. The Morgan fingerprint density at radius 2 is 1.94 bits per heavy atom. The molecule has 1 aliphatic rings. The van der Waals surface area contributed by atoms with Crippen LogP contribution < -0.4 is 19.7 Å². The monoisotopic (exact) mass is 416 g/mol. The van der Waals surface area contributed by atoms with E-state index in [0.717, 1.165) is 28.3 Å². The predicted octanol–water partition coefficient (Wildman–Crippen LogP) is 4.76. The van der Waals surface area contributed by atoms with E-state index >= 15 is 0 Å². The number of methoxy groups -OCH3 is 1. The summed E-state index contributed by atoms with van der Waals surface area (Å²) in [5.41, 5.74) is 3.71. The maximum Gasteiger partial charge on any atom is 0.258 e. The van der Waals surface area contributed by atoms with Crippen LogP contribution in [-0.2, 0) is 0 Å². The number of nitrogens with one attached hydrogen (secondary N) is 1. The van der Waals surface area contributed by atoms with Crippen LogP contribution in [0.15, 0.2) is 72.8 Å². The lowest BCUT2D eigenvalue weighted by atomic mass is 10.1. The molecule has 0 saturated carbocycles. The van der Waals surface area contributed by atoms with Crippen molar-refractivity contribution in [1.82, 2.24) is 5.32 Å². The van der Waals surface area contributed by atoms with Crippen LogP contribution in [0.2, 0.25) is 0 Å². The zero-order valence-corrected chi connectivity index (χ0v) is 18.2. The number of carbonyl (C=O) groups excluding carboxylic acids is 1. The van der Waals surface area contributed by atoms with Gasteiger partial charge in [-0.2, -0.15) is 0 Å². The third-order valence-electron chi connectivity index (χ3n) is 5.59. The number of aryl methyl sites for hydroxylation is 1. The van der Waals surface area contributed by atoms with Gasteiger partial charge in [0.2, 0.25) is 0 Å². The highest BCUT2D eigenvalue weighted by atomic mass is 16.5. The van der Waals surface area contributed by atoms with E-state index in [4.69, 9.17) is 9.47 Å². The van der Waals surface area contributed by atoms with Crippen molar-refractivity contribution in [2.24, 2.45) is 0 Å². The number of fused-ring (bicyclic) bond motifs is 1. The fourth-order valence-corrected chi connectivity index (χ4v) is 3.87. The highest BCUT2D eigenvalue weighted by molar-refractivity contribution is 6.07. The first kappa shape index (κ1) is 20.9. The van der Waals surface area contributed by atoms with Crippen molar-refractivity contribution < 1.29 is 14.3 Å². The number of carbonyl (C=O) groups is 1. The van der Waals surface area contributed by atoms with E-state index in [1.165, 1.54) is 0 Å². The van der Waals surface area contributed by atoms with E-state index in [-0.39, 0.29) is 18.1 Å². The number of benzene rings is 3. The summed E-state index contributed by atoms with van der Waals surface area (Å²) < 4.78 is 11.6. The number of para-hydroxylation sites is 2. The van der Waals surface area contributed by atoms with Crippen molar-refractivity contribution in [1.29, 1.82) is 0 Å². The van der Waals surface area contributed by atoms with Crippen LogP contribution >= 0.6 is 0 Å². The summed E-state index contributed by atoms with van der Waals surface area (Å²) in [5, 5.41) is 3.54. The van der Waals surface area contributed by atoms with Gasteiger partial charge in [0.05, 0.1) is 19.3 Å². The average molecular weight is 417 g/mol. The van der Waals surface area contributed by atoms with Gasteiger partial charge in [-0.15, -0.1) is 0 Å². The fraction of sp³-hybridized carbons (Fsp3) is 0.269. The molecule has 3 aromatic carbocycles. The number of nitrogens with zero attached hydrogens (tertiary/aromatic N) is 1. The van der Waals surface area contributed by atoms with Crippen molar-refractivity contribution in [3.05, 3.63) is 89.5 Å². The van der Waals surface area contributed by atoms with E-state index in [1.807, 2.05) is 78.6 Å². The molecule has 31 heavy (non-hydrogen) atoms. The number of hydrogen-bond donors (Lipinski definition) is 1. The third kappa shape index (κ3) is 4.72. The summed E-state index contributed by atoms with van der Waals surface area (Å²) in [6.45, 7) is 5.21. The highest BCUT2D eigenvalue weighted by Gasteiger charge is 2.30. The van der Waals surface area contributed by atoms with Crippen molar-refractivity contribution >= 4 is 11.6 Å². The van der Waals surface area contributed by atoms with Crippen molar-refractivity contribution in [2.75, 3.05) is 25.1 Å². The lowest BCUT2D eigenvalue weighted by molar-refractivity contribution is 0.0954. The molecule has 1 unspecified atom stereocenters. The molecule has 5 nitrogen and oxygen atoms in total. The first-order chi connectivity index (χ1) is 15.0. The minimum Gasteiger partial charge on any atom is -0.497 e. The van der Waals surface area contributed by atoms with Gasteiger partial charge in [0.15, 0.2) is 0 Å². The Morgan fingerprint density at radius 3 is 2.74 bits per heavy atom. The molecule has 3 aromatic rings. The zero-order valence-electron chi connectivity index (χ0n) is 18.2. The Kier molecular flexibility index (Phi) is 6.23. The van der Waals surface area contributed by atoms with Gasteiger partial charge in [0.25, 0.3) is 5.91 Å². The topological polar surface area (TPSA) is 50.8 Å². The molecule has 4 rings (SSSR count). The van der Waals surface area contributed by atoms with Gasteiger partial charge >= 0.3 is 0 Å². The normalized spacial score (nSPS) is 16.2. The van der Waals surface area contributed by atoms with Gasteiger partial charge in [-0.25, -0.2) is 0 Å². The van der Waals surface area contributed by atoms with Gasteiger partial charge < -0.3 is 19.7 Å². The number of anilines is 1. The molecule has 1 N–H and O–H groups in total. The average Bonchev–Trinajstić information content (AvgIpc) is 2.81. The van der Waals surface area contributed by atoms with Crippen molar-refractivity contribution in [3.8, 4) is 11.5 Å². The van der Waals surface area contributed by atoms with Crippen LogP contribution in [0.25, 0.3) is 0 Å². The molecule has 0 bridgehead atoms. The lowest BCUT2D eigenvalue weighted by Gasteiger charge is -2.35. The SMILES string of the molecule is COc1cccc([C@@H](C)NCC2CN(C(=O)c3cccc(C)c3)c3ccccc3O2)c1. The van der Waals surface area contributed by atoms with Crippen molar-refractivity contribution in [3.63, 3.8) is 0 Å². The van der Waals surface area contributed by atoms with Crippen LogP contribution in [0.3, 0.4) is 0 Å². The largest absolute Gasteiger partial charge is 0.497 e. The second-order valence-corrected chi connectivity index (χ2v) is 7.90. The maximum atomic E-state index is 13.3. The first-order valence-corrected chi connectivity index (χ1v) is 10.6. The number of hydrogen-bond acceptors (Lipinski definition) is 4. The predicted molar refractivity (Wildman–Crippen MR) is 123 cm³/mol. The smallest absolute Gasteiger partial charge is 0.258 e. The van der Waals surface area contributed by atoms with Crippen molar-refractivity contribution in [2.45, 2.75) is 26.0 Å². The molecule has 0 fully saturated rings. The number of amides is 1. The summed E-state index contributed by atoms with van der Waals surface area (Å²) in [7, 11) is 1.67. The molecule has 1 heterocycles. The van der Waals surface area contributed by atoms with E-state index < -0.39 is 0 Å². The van der Waals surface area contributed by atoms with Crippen LogP contribution in [0.5, 0.6) is 11.5 Å². The zero-order chi connectivity index (χ0) is 21.8. The second kappa shape index (κ2) is 9.23. The van der Waals surface area contributed by atoms with Gasteiger partial charge in [-0.3, -0.25) is 4.79 Å². The molecule has 1 aliphatic heterocycles. The minimum atomic E-state index is -0.156. The number of ether oxygens (including phenoxy) is 2. The summed E-state index contributed by atoms with van der Waals surface area (Å²) in [6, 6.07) is 23.6. The first-order valence-electron chi connectivity index (χ1n) is 10.6. The Bertz CT molecular complexity index is 1070. The molecule has 0 aliphatic carbocycles. The van der Waals surface area contributed by atoms with Gasteiger partial charge in [-0.1, -0.05) is 42.0 Å². The fourth-order valence-electron chi connectivity index (χ4n) is 3.87. The molecular formula is C26H28N2O3. The van der Waals surface area contributed by atoms with E-state index in [9.17, 15) is 4.79 Å². The van der Waals surface area contributed by atoms with Gasteiger partial charge in [0.1, 0.15) is 17.6 Å². The summed E-state index contributed by atoms with van der Waals surface area (Å²) in [5.74, 6) is 1.56. The van der Waals surface area contributed by atoms with E-state index in [2.05, 4.69) is 18.3 Å². The quantitative estimate of drug-likeness (QED) is 0.629. The van der Waals surface area contributed by atoms with Gasteiger partial charge in [0, 0.05) is 18.2 Å². The third-order valence-corrected chi connectivity index (χ3v) is 5.59. The molecule has 0 radical (unpaired) electrons. The molecule has 0 aromatic heterocycles. The van der Waals surface area contributed by atoms with E-state index in [1.54, 1.807) is 7.11 Å². The summed E-state index contributed by atoms with van der Waals surface area (Å²) in [4.78, 5) is 15.2. The van der Waals surface area contributed by atoms with Crippen LogP contribution in [0.1, 0.15) is 34.5 Å². The van der Waals surface area contributed by atoms with E-state index in [0.29, 0.717) is 18.7 Å². The molecule has 1 amide bonds. The lowest BCUT2D eigenvalue weighted by Crippen LogP contribution is -2.48. The summed E-state index contributed by atoms with van der Waals surface area (Å²) >= 11 is 0. The minimum absolute atomic E-state index is 0.00899. The van der Waals surface area contributed by atoms with Gasteiger partial charge in [-0.05, 0) is 55.8 Å². The van der Waals surface area contributed by atoms with Crippen LogP contribution in [0, 0.1) is 6.92 Å². The Morgan fingerprint density at radius 1 is 1.13 bits per heavy atom.